The van der Waals surface area contributed by atoms with Crippen molar-refractivity contribution in [1.82, 2.24) is 8.87 Å². The highest BCUT2D eigenvalue weighted by molar-refractivity contribution is 7.91. The van der Waals surface area contributed by atoms with Crippen molar-refractivity contribution < 1.29 is 8.42 Å². The molecule has 160 valence electrons. The van der Waals surface area contributed by atoms with Gasteiger partial charge in [0.2, 0.25) is 0 Å². The fraction of sp³-hybridized carbons (Fsp3) is 0.261. The van der Waals surface area contributed by atoms with Crippen LogP contribution in [0.4, 0.5) is 0 Å². The summed E-state index contributed by atoms with van der Waals surface area (Å²) < 4.78 is 29.8. The predicted octanol–water partition coefficient (Wildman–Crippen LogP) is 4.54. The molecule has 0 amide bonds. The molecule has 0 radical (unpaired) electrons. The highest BCUT2D eigenvalue weighted by Crippen LogP contribution is 2.37. The van der Waals surface area contributed by atoms with Gasteiger partial charge in [0.25, 0.3) is 15.6 Å². The molecule has 31 heavy (non-hydrogen) atoms. The van der Waals surface area contributed by atoms with E-state index in [2.05, 4.69) is 0 Å². The van der Waals surface area contributed by atoms with Crippen LogP contribution in [0, 0.1) is 5.92 Å². The lowest BCUT2D eigenvalue weighted by molar-refractivity contribution is 0.186. The fourth-order valence-electron chi connectivity index (χ4n) is 4.54. The smallest absolute Gasteiger partial charge is 0.258 e. The van der Waals surface area contributed by atoms with Crippen LogP contribution in [0.2, 0.25) is 5.02 Å². The van der Waals surface area contributed by atoms with Crippen molar-refractivity contribution in [3.63, 3.8) is 0 Å². The Morgan fingerprint density at radius 2 is 1.81 bits per heavy atom. The number of sulfonamides is 1. The molecule has 0 unspecified atom stereocenters. The second-order valence-corrected chi connectivity index (χ2v) is 11.6. The van der Waals surface area contributed by atoms with Gasteiger partial charge in [-0.3, -0.25) is 4.79 Å². The number of fused-ring (bicyclic) bond motifs is 4. The Hall–Kier alpha value is -2.19. The Morgan fingerprint density at radius 1 is 1.00 bits per heavy atom. The van der Waals surface area contributed by atoms with E-state index < -0.39 is 10.0 Å². The van der Waals surface area contributed by atoms with E-state index in [9.17, 15) is 13.2 Å². The van der Waals surface area contributed by atoms with Gasteiger partial charge in [0.15, 0.2) is 0 Å². The first kappa shape index (κ1) is 20.7. The maximum Gasteiger partial charge on any atom is 0.258 e. The van der Waals surface area contributed by atoms with Crippen LogP contribution in [0.1, 0.15) is 29.2 Å². The zero-order valence-electron chi connectivity index (χ0n) is 16.6. The van der Waals surface area contributed by atoms with Crippen molar-refractivity contribution in [3.8, 4) is 0 Å². The Kier molecular flexibility index (Phi) is 5.38. The molecule has 2 atom stereocenters. The number of pyridine rings is 1. The molecule has 2 aliphatic rings. The summed E-state index contributed by atoms with van der Waals surface area (Å²) in [6, 6.07) is 14.7. The topological polar surface area (TPSA) is 59.4 Å². The molecule has 5 rings (SSSR count). The van der Waals surface area contributed by atoms with E-state index >= 15 is 0 Å². The SMILES string of the molecule is O=c1c(C=Cc2ccc(Cl)cc2)ccc2n1C[C@@H]1C[C@@H]2CN(S(=O)(=O)c2cccs2)C1. The molecular weight excluding hydrogens is 452 g/mol. The first-order valence-corrected chi connectivity index (χ1v) is 12.8. The molecule has 2 bridgehead atoms. The number of halogens is 1. The number of rotatable bonds is 4. The maximum absolute atomic E-state index is 13.1. The number of benzene rings is 1. The van der Waals surface area contributed by atoms with Crippen molar-refractivity contribution in [2.75, 3.05) is 13.1 Å². The quantitative estimate of drug-likeness (QED) is 0.560. The summed E-state index contributed by atoms with van der Waals surface area (Å²) in [6.07, 6.45) is 4.64. The van der Waals surface area contributed by atoms with Gasteiger partial charge in [-0.15, -0.1) is 11.3 Å². The van der Waals surface area contributed by atoms with Gasteiger partial charge in [0.05, 0.1) is 0 Å². The summed E-state index contributed by atoms with van der Waals surface area (Å²) in [7, 11) is -3.48. The molecule has 2 aromatic heterocycles. The second-order valence-electron chi connectivity index (χ2n) is 8.07. The number of hydrogen-bond donors (Lipinski definition) is 0. The maximum atomic E-state index is 13.1. The third-order valence-corrected chi connectivity index (χ3v) is 9.47. The van der Waals surface area contributed by atoms with Crippen molar-refractivity contribution in [3.05, 3.63) is 86.1 Å². The Labute approximate surface area is 190 Å². The Morgan fingerprint density at radius 3 is 2.55 bits per heavy atom. The Bertz CT molecular complexity index is 1300. The molecule has 0 aliphatic carbocycles. The lowest BCUT2D eigenvalue weighted by Gasteiger charge is -2.42. The van der Waals surface area contributed by atoms with Gasteiger partial charge in [-0.05, 0) is 59.7 Å². The molecule has 4 heterocycles. The number of nitrogens with zero attached hydrogens (tertiary/aromatic N) is 2. The van der Waals surface area contributed by atoms with E-state index in [0.717, 1.165) is 17.7 Å². The van der Waals surface area contributed by atoms with Crippen LogP contribution in [0.15, 0.2) is 62.9 Å². The van der Waals surface area contributed by atoms with Gasteiger partial charge in [0, 0.05) is 41.8 Å². The van der Waals surface area contributed by atoms with Gasteiger partial charge in [-0.1, -0.05) is 35.9 Å². The summed E-state index contributed by atoms with van der Waals surface area (Å²) in [5.41, 5.74) is 2.50. The molecule has 1 aromatic carbocycles. The largest absolute Gasteiger partial charge is 0.311 e. The van der Waals surface area contributed by atoms with Gasteiger partial charge in [-0.2, -0.15) is 4.31 Å². The van der Waals surface area contributed by atoms with E-state index in [4.69, 9.17) is 11.6 Å². The van der Waals surface area contributed by atoms with Crippen LogP contribution in [-0.4, -0.2) is 30.4 Å². The standard InChI is InChI=1S/C23H21ClN2O3S2/c24-20-8-4-16(5-9-20)3-6-18-7-10-21-19-12-17(14-26(21)23(18)27)13-25(15-19)31(28,29)22-2-1-11-30-22/h1-11,17,19H,12-15H2/t17-,19-/m1/s1. The monoisotopic (exact) mass is 472 g/mol. The van der Waals surface area contributed by atoms with E-state index in [-0.39, 0.29) is 17.4 Å². The van der Waals surface area contributed by atoms with Crippen LogP contribution < -0.4 is 5.56 Å². The van der Waals surface area contributed by atoms with Crippen molar-refractivity contribution >= 4 is 45.1 Å². The van der Waals surface area contributed by atoms with Gasteiger partial charge in [0.1, 0.15) is 4.21 Å². The molecule has 0 N–H and O–H groups in total. The number of thiophene rings is 1. The predicted molar refractivity (Wildman–Crippen MR) is 125 cm³/mol. The van der Waals surface area contributed by atoms with Crippen molar-refractivity contribution in [1.29, 1.82) is 0 Å². The van der Waals surface area contributed by atoms with Gasteiger partial charge < -0.3 is 4.57 Å². The molecule has 0 saturated carbocycles. The first-order chi connectivity index (χ1) is 14.9. The summed E-state index contributed by atoms with van der Waals surface area (Å²) in [5, 5.41) is 2.46. The first-order valence-electron chi connectivity index (χ1n) is 10.1. The number of hydrogen-bond acceptors (Lipinski definition) is 4. The van der Waals surface area contributed by atoms with E-state index in [1.165, 1.54) is 11.3 Å². The average Bonchev–Trinajstić information content (AvgIpc) is 3.31. The van der Waals surface area contributed by atoms with E-state index in [0.29, 0.717) is 34.4 Å². The third-order valence-electron chi connectivity index (χ3n) is 6.01. The van der Waals surface area contributed by atoms with Crippen molar-refractivity contribution in [2.45, 2.75) is 23.1 Å². The van der Waals surface area contributed by atoms with E-state index in [1.807, 2.05) is 53.1 Å². The lowest BCUT2D eigenvalue weighted by Crippen LogP contribution is -2.49. The average molecular weight is 473 g/mol. The zero-order valence-corrected chi connectivity index (χ0v) is 19.0. The minimum Gasteiger partial charge on any atom is -0.311 e. The molecule has 8 heteroatoms. The third kappa shape index (κ3) is 3.91. The van der Waals surface area contributed by atoms with Crippen molar-refractivity contribution in [2.24, 2.45) is 5.92 Å². The summed E-state index contributed by atoms with van der Waals surface area (Å²) in [5.74, 6) is 0.165. The fourth-order valence-corrected chi connectivity index (χ4v) is 7.37. The van der Waals surface area contributed by atoms with Crippen LogP contribution in [0.3, 0.4) is 0 Å². The van der Waals surface area contributed by atoms with Crippen LogP contribution in [0.25, 0.3) is 12.2 Å². The summed E-state index contributed by atoms with van der Waals surface area (Å²) >= 11 is 7.18. The second kappa shape index (κ2) is 8.06. The highest BCUT2D eigenvalue weighted by Gasteiger charge is 2.39. The van der Waals surface area contributed by atoms with Crippen LogP contribution in [-0.2, 0) is 16.6 Å². The lowest BCUT2D eigenvalue weighted by atomic mass is 9.84. The minimum absolute atomic E-state index is 0.0213. The molecule has 5 nitrogen and oxygen atoms in total. The minimum atomic E-state index is -3.48. The molecule has 3 aromatic rings. The molecule has 1 fully saturated rings. The van der Waals surface area contributed by atoms with Gasteiger partial charge >= 0.3 is 0 Å². The zero-order chi connectivity index (χ0) is 21.6. The Balaban J connectivity index is 1.43. The van der Waals surface area contributed by atoms with Crippen LogP contribution >= 0.6 is 22.9 Å². The van der Waals surface area contributed by atoms with Gasteiger partial charge in [-0.25, -0.2) is 8.42 Å². The number of piperidine rings is 1. The summed E-state index contributed by atoms with van der Waals surface area (Å²) in [4.78, 5) is 13.1. The molecular formula is C23H21ClN2O3S2. The van der Waals surface area contributed by atoms with Crippen LogP contribution in [0.5, 0.6) is 0 Å². The summed E-state index contributed by atoms with van der Waals surface area (Å²) in [6.45, 7) is 1.41. The highest BCUT2D eigenvalue weighted by atomic mass is 35.5. The normalized spacial score (nSPS) is 21.3. The molecule has 2 aliphatic heterocycles. The number of aromatic nitrogens is 1. The molecule has 1 saturated heterocycles. The van der Waals surface area contributed by atoms with E-state index in [1.54, 1.807) is 21.8 Å². The molecule has 0 spiro atoms.